The normalized spacial score (nSPS) is 12.9. The Morgan fingerprint density at radius 1 is 1.40 bits per heavy atom. The van der Waals surface area contributed by atoms with E-state index < -0.39 is 6.23 Å². The SMILES string of the molecule is Cc1cccc(OC[C@@H](O)NC(C)C)c1. The number of ether oxygens (including phenoxy) is 1. The summed E-state index contributed by atoms with van der Waals surface area (Å²) < 4.78 is 5.44. The first-order valence-corrected chi connectivity index (χ1v) is 5.21. The number of benzene rings is 1. The molecule has 1 rings (SSSR count). The Bertz CT molecular complexity index is 299. The van der Waals surface area contributed by atoms with Gasteiger partial charge in [0.2, 0.25) is 0 Å². The van der Waals surface area contributed by atoms with E-state index in [9.17, 15) is 5.11 Å². The zero-order chi connectivity index (χ0) is 11.3. The molecule has 0 aliphatic rings. The maximum absolute atomic E-state index is 9.51. The Balaban J connectivity index is 2.36. The highest BCUT2D eigenvalue weighted by Gasteiger charge is 2.05. The lowest BCUT2D eigenvalue weighted by Gasteiger charge is -2.16. The van der Waals surface area contributed by atoms with Gasteiger partial charge in [0.05, 0.1) is 0 Å². The van der Waals surface area contributed by atoms with E-state index in [2.05, 4.69) is 5.32 Å². The molecule has 3 nitrogen and oxygen atoms in total. The molecule has 0 aliphatic carbocycles. The molecule has 0 amide bonds. The van der Waals surface area contributed by atoms with Crippen LogP contribution in [-0.4, -0.2) is 24.0 Å². The van der Waals surface area contributed by atoms with Crippen LogP contribution in [-0.2, 0) is 0 Å². The van der Waals surface area contributed by atoms with Crippen molar-refractivity contribution in [3.05, 3.63) is 29.8 Å². The molecular formula is C12H19NO2. The average molecular weight is 209 g/mol. The summed E-state index contributed by atoms with van der Waals surface area (Å²) >= 11 is 0. The minimum atomic E-state index is -0.620. The van der Waals surface area contributed by atoms with Gasteiger partial charge in [-0.25, -0.2) is 0 Å². The number of hydrogen-bond acceptors (Lipinski definition) is 3. The molecule has 84 valence electrons. The lowest BCUT2D eigenvalue weighted by Crippen LogP contribution is -2.38. The number of nitrogens with one attached hydrogen (secondary N) is 1. The fourth-order valence-corrected chi connectivity index (χ4v) is 1.31. The minimum absolute atomic E-state index is 0.251. The minimum Gasteiger partial charge on any atom is -0.489 e. The molecule has 2 N–H and O–H groups in total. The number of aryl methyl sites for hydroxylation is 1. The van der Waals surface area contributed by atoms with Gasteiger partial charge in [0.1, 0.15) is 18.6 Å². The molecule has 1 atom stereocenters. The molecule has 0 spiro atoms. The van der Waals surface area contributed by atoms with Crippen LogP contribution in [0, 0.1) is 6.92 Å². The largest absolute Gasteiger partial charge is 0.489 e. The Hall–Kier alpha value is -1.06. The molecule has 0 heterocycles. The highest BCUT2D eigenvalue weighted by atomic mass is 16.5. The van der Waals surface area contributed by atoms with Gasteiger partial charge in [-0.15, -0.1) is 0 Å². The van der Waals surface area contributed by atoms with Gasteiger partial charge in [-0.3, -0.25) is 5.32 Å². The fourth-order valence-electron chi connectivity index (χ4n) is 1.31. The maximum Gasteiger partial charge on any atom is 0.139 e. The summed E-state index contributed by atoms with van der Waals surface area (Å²) in [5, 5.41) is 12.5. The summed E-state index contributed by atoms with van der Waals surface area (Å²) in [5.41, 5.74) is 1.15. The van der Waals surface area contributed by atoms with Crippen LogP contribution in [0.2, 0.25) is 0 Å². The van der Waals surface area contributed by atoms with E-state index in [1.54, 1.807) is 0 Å². The van der Waals surface area contributed by atoms with Crippen LogP contribution in [0.3, 0.4) is 0 Å². The van der Waals surface area contributed by atoms with E-state index >= 15 is 0 Å². The van der Waals surface area contributed by atoms with Crippen molar-refractivity contribution in [2.24, 2.45) is 0 Å². The summed E-state index contributed by atoms with van der Waals surface area (Å²) in [5.74, 6) is 0.791. The van der Waals surface area contributed by atoms with E-state index in [0.29, 0.717) is 0 Å². The van der Waals surface area contributed by atoms with Crippen molar-refractivity contribution in [1.29, 1.82) is 0 Å². The fraction of sp³-hybridized carbons (Fsp3) is 0.500. The number of hydrogen-bond donors (Lipinski definition) is 2. The van der Waals surface area contributed by atoms with Crippen molar-refractivity contribution in [1.82, 2.24) is 5.32 Å². The summed E-state index contributed by atoms with van der Waals surface area (Å²) in [7, 11) is 0. The van der Waals surface area contributed by atoms with E-state index in [4.69, 9.17) is 4.74 Å². The van der Waals surface area contributed by atoms with Gasteiger partial charge in [-0.05, 0) is 38.5 Å². The number of rotatable bonds is 5. The molecule has 1 aromatic carbocycles. The highest BCUT2D eigenvalue weighted by Crippen LogP contribution is 2.12. The summed E-state index contributed by atoms with van der Waals surface area (Å²) in [4.78, 5) is 0. The lowest BCUT2D eigenvalue weighted by atomic mass is 10.2. The van der Waals surface area contributed by atoms with Crippen LogP contribution >= 0.6 is 0 Å². The van der Waals surface area contributed by atoms with Crippen LogP contribution in [0.15, 0.2) is 24.3 Å². The number of aliphatic hydroxyl groups is 1. The predicted octanol–water partition coefficient (Wildman–Crippen LogP) is 1.69. The van der Waals surface area contributed by atoms with Crippen LogP contribution in [0.25, 0.3) is 0 Å². The first-order chi connectivity index (χ1) is 7.08. The third-order valence-corrected chi connectivity index (χ3v) is 1.92. The molecule has 0 radical (unpaired) electrons. The van der Waals surface area contributed by atoms with Gasteiger partial charge in [0.25, 0.3) is 0 Å². The third kappa shape index (κ3) is 4.81. The molecule has 0 aromatic heterocycles. The Morgan fingerprint density at radius 3 is 2.73 bits per heavy atom. The summed E-state index contributed by atoms with van der Waals surface area (Å²) in [6.45, 7) is 6.24. The van der Waals surface area contributed by atoms with Crippen molar-refractivity contribution in [3.63, 3.8) is 0 Å². The second-order valence-corrected chi connectivity index (χ2v) is 3.96. The second-order valence-electron chi connectivity index (χ2n) is 3.96. The van der Waals surface area contributed by atoms with Crippen molar-refractivity contribution >= 4 is 0 Å². The van der Waals surface area contributed by atoms with E-state index in [-0.39, 0.29) is 12.6 Å². The van der Waals surface area contributed by atoms with E-state index in [1.807, 2.05) is 45.0 Å². The monoisotopic (exact) mass is 209 g/mol. The van der Waals surface area contributed by atoms with Crippen molar-refractivity contribution in [2.45, 2.75) is 33.0 Å². The maximum atomic E-state index is 9.51. The first-order valence-electron chi connectivity index (χ1n) is 5.21. The molecule has 0 saturated heterocycles. The molecular weight excluding hydrogens is 190 g/mol. The summed E-state index contributed by atoms with van der Waals surface area (Å²) in [6, 6.07) is 8.03. The predicted molar refractivity (Wildman–Crippen MR) is 61.0 cm³/mol. The zero-order valence-corrected chi connectivity index (χ0v) is 9.53. The molecule has 15 heavy (non-hydrogen) atoms. The van der Waals surface area contributed by atoms with Gasteiger partial charge in [-0.1, -0.05) is 12.1 Å². The standard InChI is InChI=1S/C12H19NO2/c1-9(2)13-12(14)8-15-11-6-4-5-10(3)7-11/h4-7,9,12-14H,8H2,1-3H3/t12-/m1/s1. The molecule has 1 aromatic rings. The van der Waals surface area contributed by atoms with Gasteiger partial charge >= 0.3 is 0 Å². The first kappa shape index (κ1) is 12.0. The molecule has 3 heteroatoms. The van der Waals surface area contributed by atoms with Crippen molar-refractivity contribution < 1.29 is 9.84 Å². The average Bonchev–Trinajstić information content (AvgIpc) is 2.14. The third-order valence-electron chi connectivity index (χ3n) is 1.92. The Morgan fingerprint density at radius 2 is 2.13 bits per heavy atom. The zero-order valence-electron chi connectivity index (χ0n) is 9.53. The summed E-state index contributed by atoms with van der Waals surface area (Å²) in [6.07, 6.45) is -0.620. The van der Waals surface area contributed by atoms with Crippen molar-refractivity contribution in [3.8, 4) is 5.75 Å². The van der Waals surface area contributed by atoms with Crippen LogP contribution in [0.1, 0.15) is 19.4 Å². The van der Waals surface area contributed by atoms with Crippen molar-refractivity contribution in [2.75, 3.05) is 6.61 Å². The smallest absolute Gasteiger partial charge is 0.139 e. The molecule has 0 fully saturated rings. The van der Waals surface area contributed by atoms with Crippen LogP contribution in [0.4, 0.5) is 0 Å². The molecule has 0 aliphatic heterocycles. The Labute approximate surface area is 91.1 Å². The van der Waals surface area contributed by atoms with Gasteiger partial charge < -0.3 is 9.84 Å². The quantitative estimate of drug-likeness (QED) is 0.725. The van der Waals surface area contributed by atoms with Gasteiger partial charge in [0.15, 0.2) is 0 Å². The Kier molecular flexibility index (Phi) is 4.59. The van der Waals surface area contributed by atoms with Crippen LogP contribution in [0.5, 0.6) is 5.75 Å². The van der Waals surface area contributed by atoms with Gasteiger partial charge in [-0.2, -0.15) is 0 Å². The molecule has 0 unspecified atom stereocenters. The van der Waals surface area contributed by atoms with E-state index in [0.717, 1.165) is 11.3 Å². The lowest BCUT2D eigenvalue weighted by molar-refractivity contribution is 0.0719. The van der Waals surface area contributed by atoms with Gasteiger partial charge in [0, 0.05) is 6.04 Å². The van der Waals surface area contributed by atoms with Crippen LogP contribution < -0.4 is 10.1 Å². The van der Waals surface area contributed by atoms with E-state index in [1.165, 1.54) is 0 Å². The second kappa shape index (κ2) is 5.73. The highest BCUT2D eigenvalue weighted by molar-refractivity contribution is 5.27. The number of aliphatic hydroxyl groups excluding tert-OH is 1. The molecule has 0 bridgehead atoms. The topological polar surface area (TPSA) is 41.5 Å². The molecule has 0 saturated carbocycles.